The number of halogens is 1. The predicted octanol–water partition coefficient (Wildman–Crippen LogP) is 2.52. The molecule has 1 N–H and O–H groups in total. The lowest BCUT2D eigenvalue weighted by molar-refractivity contribution is -0.128. The van der Waals surface area contributed by atoms with Gasteiger partial charge in [0.05, 0.1) is 6.61 Å². The van der Waals surface area contributed by atoms with Gasteiger partial charge in [-0.2, -0.15) is 0 Å². The van der Waals surface area contributed by atoms with Gasteiger partial charge in [0.15, 0.2) is 0 Å². The minimum absolute atomic E-state index is 0.189. The Morgan fingerprint density at radius 1 is 1.20 bits per heavy atom. The Labute approximate surface area is 135 Å². The molecule has 5 heteroatoms. The van der Waals surface area contributed by atoms with Gasteiger partial charge in [0, 0.05) is 24.1 Å². The quantitative estimate of drug-likeness (QED) is 0.521. The highest BCUT2D eigenvalue weighted by Gasteiger charge is 2.02. The lowest BCUT2D eigenvalue weighted by Crippen LogP contribution is -2.24. The van der Waals surface area contributed by atoms with Gasteiger partial charge >= 0.3 is 0 Å². The van der Waals surface area contributed by atoms with E-state index >= 15 is 0 Å². The molecule has 0 atom stereocenters. The molecular weight excluding hydrogens is 367 g/mol. The first-order chi connectivity index (χ1) is 9.59. The summed E-state index contributed by atoms with van der Waals surface area (Å²) in [6.07, 6.45) is 2.46. The third-order valence-corrected chi connectivity index (χ3v) is 3.54. The van der Waals surface area contributed by atoms with Gasteiger partial charge in [0.2, 0.25) is 5.91 Å². The number of benzene rings is 1. The van der Waals surface area contributed by atoms with Gasteiger partial charge < -0.3 is 15.0 Å². The number of carbonyl (C=O) groups is 1. The SMILES string of the molecule is CN(C)C(=O)CCCNCCCOc1ccc(I)cc1. The van der Waals surface area contributed by atoms with Crippen molar-refractivity contribution in [3.8, 4) is 5.75 Å². The Balaban J connectivity index is 1.95. The summed E-state index contributed by atoms with van der Waals surface area (Å²) >= 11 is 2.28. The van der Waals surface area contributed by atoms with Crippen LogP contribution in [0.15, 0.2) is 24.3 Å². The molecular formula is C15H23IN2O2. The Hall–Kier alpha value is -0.820. The van der Waals surface area contributed by atoms with Gasteiger partial charge in [-0.15, -0.1) is 0 Å². The summed E-state index contributed by atoms with van der Waals surface area (Å²) in [5.74, 6) is 1.11. The van der Waals surface area contributed by atoms with Crippen LogP contribution in [0, 0.1) is 3.57 Å². The fourth-order valence-corrected chi connectivity index (χ4v) is 1.99. The zero-order valence-corrected chi connectivity index (χ0v) is 14.4. The van der Waals surface area contributed by atoms with Crippen molar-refractivity contribution in [3.05, 3.63) is 27.8 Å². The van der Waals surface area contributed by atoms with Crippen molar-refractivity contribution in [1.82, 2.24) is 10.2 Å². The topological polar surface area (TPSA) is 41.6 Å². The first-order valence-electron chi connectivity index (χ1n) is 6.89. The molecule has 0 aliphatic heterocycles. The van der Waals surface area contributed by atoms with Crippen molar-refractivity contribution in [2.24, 2.45) is 0 Å². The molecule has 1 amide bonds. The molecule has 0 bridgehead atoms. The van der Waals surface area contributed by atoms with Gasteiger partial charge in [-0.25, -0.2) is 0 Å². The van der Waals surface area contributed by atoms with E-state index in [1.54, 1.807) is 19.0 Å². The highest BCUT2D eigenvalue weighted by Crippen LogP contribution is 2.13. The summed E-state index contributed by atoms with van der Waals surface area (Å²) in [4.78, 5) is 13.0. The lowest BCUT2D eigenvalue weighted by atomic mass is 10.3. The number of nitrogens with one attached hydrogen (secondary N) is 1. The molecule has 1 aromatic rings. The summed E-state index contributed by atoms with van der Waals surface area (Å²) in [7, 11) is 3.58. The average molecular weight is 390 g/mol. The number of hydrogen-bond donors (Lipinski definition) is 1. The van der Waals surface area contributed by atoms with Crippen LogP contribution in [0.1, 0.15) is 19.3 Å². The van der Waals surface area contributed by atoms with Gasteiger partial charge in [-0.05, 0) is 72.8 Å². The van der Waals surface area contributed by atoms with Crippen LogP contribution in [0.2, 0.25) is 0 Å². The standard InChI is InChI=1S/C15H23IN2O2/c1-18(2)15(19)5-3-10-17-11-4-12-20-14-8-6-13(16)7-9-14/h6-9,17H,3-5,10-12H2,1-2H3. The Morgan fingerprint density at radius 2 is 1.85 bits per heavy atom. The molecule has 0 fully saturated rings. The second-order valence-corrected chi connectivity index (χ2v) is 6.04. The van der Waals surface area contributed by atoms with Crippen molar-refractivity contribution in [3.63, 3.8) is 0 Å². The fourth-order valence-electron chi connectivity index (χ4n) is 1.63. The van der Waals surface area contributed by atoms with Crippen LogP contribution in [0.4, 0.5) is 0 Å². The summed E-state index contributed by atoms with van der Waals surface area (Å²) in [5, 5.41) is 3.32. The van der Waals surface area contributed by atoms with Gasteiger partial charge in [-0.3, -0.25) is 4.79 Å². The van der Waals surface area contributed by atoms with Crippen LogP contribution in [0.25, 0.3) is 0 Å². The Kier molecular flexibility index (Phi) is 8.60. The Bertz CT molecular complexity index is 393. The molecule has 1 rings (SSSR count). The molecule has 0 spiro atoms. The molecule has 1 aromatic carbocycles. The molecule has 0 aliphatic rings. The smallest absolute Gasteiger partial charge is 0.222 e. The molecule has 20 heavy (non-hydrogen) atoms. The minimum Gasteiger partial charge on any atom is -0.494 e. The minimum atomic E-state index is 0.189. The number of nitrogens with zero attached hydrogens (tertiary/aromatic N) is 1. The molecule has 112 valence electrons. The van der Waals surface area contributed by atoms with E-state index in [0.29, 0.717) is 13.0 Å². The third kappa shape index (κ3) is 7.69. The van der Waals surface area contributed by atoms with Crippen LogP contribution >= 0.6 is 22.6 Å². The lowest BCUT2D eigenvalue weighted by Gasteiger charge is -2.10. The van der Waals surface area contributed by atoms with Crippen LogP contribution in [-0.2, 0) is 4.79 Å². The van der Waals surface area contributed by atoms with Crippen molar-refractivity contribution < 1.29 is 9.53 Å². The van der Waals surface area contributed by atoms with Crippen molar-refractivity contribution in [2.75, 3.05) is 33.8 Å². The zero-order chi connectivity index (χ0) is 14.8. The number of ether oxygens (including phenoxy) is 1. The maximum absolute atomic E-state index is 11.3. The van der Waals surface area contributed by atoms with E-state index in [1.807, 2.05) is 24.3 Å². The number of amides is 1. The summed E-state index contributed by atoms with van der Waals surface area (Å²) in [6.45, 7) is 2.51. The maximum atomic E-state index is 11.3. The van der Waals surface area contributed by atoms with Crippen molar-refractivity contribution in [2.45, 2.75) is 19.3 Å². The van der Waals surface area contributed by atoms with E-state index in [-0.39, 0.29) is 5.91 Å². The molecule has 0 saturated heterocycles. The van der Waals surface area contributed by atoms with Gasteiger partial charge in [0.1, 0.15) is 5.75 Å². The van der Waals surface area contributed by atoms with Crippen LogP contribution < -0.4 is 10.1 Å². The van der Waals surface area contributed by atoms with Crippen molar-refractivity contribution >= 4 is 28.5 Å². The molecule has 4 nitrogen and oxygen atoms in total. The van der Waals surface area contributed by atoms with E-state index in [0.717, 1.165) is 31.7 Å². The summed E-state index contributed by atoms with van der Waals surface area (Å²) in [6, 6.07) is 8.05. The number of carbonyl (C=O) groups excluding carboxylic acids is 1. The van der Waals surface area contributed by atoms with Crippen LogP contribution in [0.3, 0.4) is 0 Å². The monoisotopic (exact) mass is 390 g/mol. The normalized spacial score (nSPS) is 10.3. The second-order valence-electron chi connectivity index (χ2n) is 4.80. The van der Waals surface area contributed by atoms with E-state index in [1.165, 1.54) is 3.57 Å². The number of hydrogen-bond acceptors (Lipinski definition) is 3. The molecule has 0 aromatic heterocycles. The molecule has 0 aliphatic carbocycles. The Morgan fingerprint density at radius 3 is 2.50 bits per heavy atom. The largest absolute Gasteiger partial charge is 0.494 e. The zero-order valence-electron chi connectivity index (χ0n) is 12.2. The number of rotatable bonds is 9. The predicted molar refractivity (Wildman–Crippen MR) is 90.1 cm³/mol. The van der Waals surface area contributed by atoms with E-state index in [4.69, 9.17) is 4.74 Å². The molecule has 0 saturated carbocycles. The summed E-state index contributed by atoms with van der Waals surface area (Å²) in [5.41, 5.74) is 0. The molecule has 0 heterocycles. The van der Waals surface area contributed by atoms with Gasteiger partial charge in [-0.1, -0.05) is 0 Å². The second kappa shape index (κ2) is 9.99. The van der Waals surface area contributed by atoms with Crippen molar-refractivity contribution in [1.29, 1.82) is 0 Å². The van der Waals surface area contributed by atoms with E-state index < -0.39 is 0 Å². The maximum Gasteiger partial charge on any atom is 0.222 e. The third-order valence-electron chi connectivity index (χ3n) is 2.82. The molecule has 0 radical (unpaired) electrons. The molecule has 0 unspecified atom stereocenters. The summed E-state index contributed by atoms with van der Waals surface area (Å²) < 4.78 is 6.85. The van der Waals surface area contributed by atoms with E-state index in [2.05, 4.69) is 27.9 Å². The van der Waals surface area contributed by atoms with Crippen LogP contribution in [0.5, 0.6) is 5.75 Å². The van der Waals surface area contributed by atoms with Gasteiger partial charge in [0.25, 0.3) is 0 Å². The highest BCUT2D eigenvalue weighted by molar-refractivity contribution is 14.1. The fraction of sp³-hybridized carbons (Fsp3) is 0.533. The van der Waals surface area contributed by atoms with E-state index in [9.17, 15) is 4.79 Å². The van der Waals surface area contributed by atoms with Crippen LogP contribution in [-0.4, -0.2) is 44.6 Å². The highest BCUT2D eigenvalue weighted by atomic mass is 127. The average Bonchev–Trinajstić information content (AvgIpc) is 2.43. The first-order valence-corrected chi connectivity index (χ1v) is 7.96. The first kappa shape index (κ1) is 17.2.